The van der Waals surface area contributed by atoms with E-state index in [0.717, 1.165) is 6.42 Å². The molecular weight excluding hydrogens is 144 g/mol. The lowest BCUT2D eigenvalue weighted by atomic mass is 9.97. The van der Waals surface area contributed by atoms with E-state index in [1.165, 1.54) is 0 Å². The average Bonchev–Trinajstić information content (AvgIpc) is 2.33. The van der Waals surface area contributed by atoms with Crippen LogP contribution in [-0.4, -0.2) is 22.3 Å². The molecule has 6 atom stereocenters. The van der Waals surface area contributed by atoms with Gasteiger partial charge in [-0.05, 0) is 30.1 Å². The van der Waals surface area contributed by atoms with Crippen LogP contribution in [-0.2, 0) is 4.79 Å². The topological polar surface area (TPSA) is 57.5 Å². The second kappa shape index (κ2) is 1.46. The largest absolute Gasteiger partial charge is 0.481 e. The highest BCUT2D eigenvalue weighted by Gasteiger charge is 2.75. The van der Waals surface area contributed by atoms with E-state index in [4.69, 9.17) is 5.11 Å². The van der Waals surface area contributed by atoms with E-state index < -0.39 is 5.97 Å². The SMILES string of the molecule is O=C(O)[C@H]1[C@H]2C[C@H]3[C@@H]([C@@H]2O)[C@H]31. The van der Waals surface area contributed by atoms with Crippen LogP contribution in [0.1, 0.15) is 6.42 Å². The van der Waals surface area contributed by atoms with Gasteiger partial charge in [-0.1, -0.05) is 0 Å². The Morgan fingerprint density at radius 3 is 2.18 bits per heavy atom. The molecule has 0 aromatic heterocycles. The summed E-state index contributed by atoms with van der Waals surface area (Å²) < 4.78 is 0. The summed E-state index contributed by atoms with van der Waals surface area (Å²) in [5, 5.41) is 18.3. The number of hydrogen-bond donors (Lipinski definition) is 2. The maximum Gasteiger partial charge on any atom is 0.307 e. The van der Waals surface area contributed by atoms with E-state index in [1.807, 2.05) is 0 Å². The second-order valence-corrected chi connectivity index (χ2v) is 4.07. The first kappa shape index (κ1) is 6.00. The van der Waals surface area contributed by atoms with Crippen molar-refractivity contribution in [2.24, 2.45) is 29.6 Å². The Kier molecular flexibility index (Phi) is 0.796. The maximum atomic E-state index is 10.7. The van der Waals surface area contributed by atoms with E-state index in [2.05, 4.69) is 0 Å². The van der Waals surface area contributed by atoms with Gasteiger partial charge in [-0.15, -0.1) is 0 Å². The van der Waals surface area contributed by atoms with Gasteiger partial charge in [0.25, 0.3) is 0 Å². The van der Waals surface area contributed by atoms with E-state index in [0.29, 0.717) is 17.8 Å². The number of rotatable bonds is 1. The van der Waals surface area contributed by atoms with Crippen molar-refractivity contribution in [3.63, 3.8) is 0 Å². The molecule has 0 unspecified atom stereocenters. The maximum absolute atomic E-state index is 10.7. The van der Waals surface area contributed by atoms with Gasteiger partial charge >= 0.3 is 5.97 Å². The van der Waals surface area contributed by atoms with E-state index in [1.54, 1.807) is 0 Å². The molecule has 11 heavy (non-hydrogen) atoms. The lowest BCUT2D eigenvalue weighted by Crippen LogP contribution is -2.22. The summed E-state index contributed by atoms with van der Waals surface area (Å²) in [6, 6.07) is 0. The van der Waals surface area contributed by atoms with E-state index in [9.17, 15) is 9.90 Å². The highest BCUT2D eigenvalue weighted by molar-refractivity contribution is 5.73. The molecule has 4 aliphatic carbocycles. The Morgan fingerprint density at radius 2 is 2.00 bits per heavy atom. The van der Waals surface area contributed by atoms with E-state index in [-0.39, 0.29) is 17.9 Å². The number of carboxylic acid groups (broad SMARTS) is 1. The minimum atomic E-state index is -0.693. The molecule has 4 saturated carbocycles. The van der Waals surface area contributed by atoms with Crippen LogP contribution < -0.4 is 0 Å². The number of carbonyl (C=O) groups is 1. The second-order valence-electron chi connectivity index (χ2n) is 4.07. The standard InChI is InChI=1S/C8H10O3/c9-7-3-1-2-4(5(2)7)6(3)8(10)11/h2-7,9H,1H2,(H,10,11)/t2-,3-,4+,5-,6+,7-/m1/s1. The smallest absolute Gasteiger partial charge is 0.307 e. The summed E-state index contributed by atoms with van der Waals surface area (Å²) in [4.78, 5) is 10.7. The van der Waals surface area contributed by atoms with Crippen LogP contribution in [0.5, 0.6) is 0 Å². The molecule has 4 fully saturated rings. The van der Waals surface area contributed by atoms with Gasteiger partial charge < -0.3 is 10.2 Å². The highest BCUT2D eigenvalue weighted by atomic mass is 16.4. The van der Waals surface area contributed by atoms with Crippen molar-refractivity contribution < 1.29 is 15.0 Å². The third-order valence-corrected chi connectivity index (χ3v) is 3.83. The molecule has 3 nitrogen and oxygen atoms in total. The van der Waals surface area contributed by atoms with Crippen molar-refractivity contribution in [3.8, 4) is 0 Å². The Hall–Kier alpha value is -0.570. The van der Waals surface area contributed by atoms with Crippen LogP contribution in [0.25, 0.3) is 0 Å². The summed E-state index contributed by atoms with van der Waals surface area (Å²) in [7, 11) is 0. The molecule has 4 rings (SSSR count). The first-order valence-corrected chi connectivity index (χ1v) is 4.12. The summed E-state index contributed by atoms with van der Waals surface area (Å²) in [5.74, 6) is 0.457. The van der Waals surface area contributed by atoms with Gasteiger partial charge in [-0.3, -0.25) is 4.79 Å². The van der Waals surface area contributed by atoms with Crippen LogP contribution in [0, 0.1) is 29.6 Å². The number of aliphatic carboxylic acids is 1. The van der Waals surface area contributed by atoms with Crippen molar-refractivity contribution in [1.29, 1.82) is 0 Å². The molecule has 0 spiro atoms. The zero-order chi connectivity index (χ0) is 7.75. The molecule has 4 aliphatic rings. The summed E-state index contributed by atoms with van der Waals surface area (Å²) >= 11 is 0. The predicted molar refractivity (Wildman–Crippen MR) is 35.7 cm³/mol. The molecule has 0 aromatic carbocycles. The molecule has 0 heterocycles. The first-order valence-electron chi connectivity index (χ1n) is 4.12. The van der Waals surface area contributed by atoms with E-state index >= 15 is 0 Å². The number of aliphatic hydroxyl groups excluding tert-OH is 1. The fraction of sp³-hybridized carbons (Fsp3) is 0.875. The molecule has 0 aliphatic heterocycles. The van der Waals surface area contributed by atoms with Crippen molar-refractivity contribution in [3.05, 3.63) is 0 Å². The summed E-state index contributed by atoms with van der Waals surface area (Å²) in [6.07, 6.45) is 0.680. The zero-order valence-electron chi connectivity index (χ0n) is 5.97. The Labute approximate surface area is 64.0 Å². The lowest BCUT2D eigenvalue weighted by Gasteiger charge is -2.11. The Balaban J connectivity index is 1.97. The summed E-state index contributed by atoms with van der Waals surface area (Å²) in [5.41, 5.74) is 0. The average molecular weight is 154 g/mol. The van der Waals surface area contributed by atoms with Crippen LogP contribution in [0.4, 0.5) is 0 Å². The van der Waals surface area contributed by atoms with Crippen molar-refractivity contribution in [2.75, 3.05) is 0 Å². The third-order valence-electron chi connectivity index (χ3n) is 3.83. The quantitative estimate of drug-likeness (QED) is 0.556. The highest BCUT2D eigenvalue weighted by Crippen LogP contribution is 2.73. The fourth-order valence-electron chi connectivity index (χ4n) is 3.46. The number of carboxylic acids is 1. The molecule has 3 heteroatoms. The minimum Gasteiger partial charge on any atom is -0.481 e. The minimum absolute atomic E-state index is 0.0903. The Morgan fingerprint density at radius 1 is 1.27 bits per heavy atom. The first-order chi connectivity index (χ1) is 5.22. The van der Waals surface area contributed by atoms with Gasteiger partial charge in [-0.2, -0.15) is 0 Å². The molecule has 0 saturated heterocycles. The van der Waals surface area contributed by atoms with Crippen molar-refractivity contribution >= 4 is 5.97 Å². The van der Waals surface area contributed by atoms with Crippen LogP contribution in [0.2, 0.25) is 0 Å². The lowest BCUT2D eigenvalue weighted by molar-refractivity contribution is -0.143. The molecule has 0 aromatic rings. The molecule has 60 valence electrons. The summed E-state index contributed by atoms with van der Waals surface area (Å²) in [6.45, 7) is 0. The van der Waals surface area contributed by atoms with Crippen LogP contribution >= 0.6 is 0 Å². The third kappa shape index (κ3) is 0.466. The normalized spacial score (nSPS) is 63.4. The number of hydrogen-bond acceptors (Lipinski definition) is 2. The van der Waals surface area contributed by atoms with Gasteiger partial charge in [0.05, 0.1) is 12.0 Å². The monoisotopic (exact) mass is 154 g/mol. The molecule has 2 N–H and O–H groups in total. The molecular formula is C8H10O3. The zero-order valence-corrected chi connectivity index (χ0v) is 5.97. The van der Waals surface area contributed by atoms with Crippen molar-refractivity contribution in [2.45, 2.75) is 12.5 Å². The fourth-order valence-corrected chi connectivity index (χ4v) is 3.46. The van der Waals surface area contributed by atoms with Crippen molar-refractivity contribution in [1.82, 2.24) is 0 Å². The van der Waals surface area contributed by atoms with Gasteiger partial charge in [0.1, 0.15) is 0 Å². The predicted octanol–water partition coefficient (Wildman–Crippen LogP) is -0.0562. The molecule has 0 radical (unpaired) electrons. The molecule has 0 amide bonds. The number of aliphatic hydroxyl groups is 1. The Bertz CT molecular complexity index is 237. The van der Waals surface area contributed by atoms with Gasteiger partial charge in [-0.25, -0.2) is 0 Å². The van der Waals surface area contributed by atoms with Gasteiger partial charge in [0.2, 0.25) is 0 Å². The molecule has 4 bridgehead atoms. The van der Waals surface area contributed by atoms with Crippen LogP contribution in [0.3, 0.4) is 0 Å². The van der Waals surface area contributed by atoms with Crippen LogP contribution in [0.15, 0.2) is 0 Å². The van der Waals surface area contributed by atoms with Gasteiger partial charge in [0, 0.05) is 0 Å². The van der Waals surface area contributed by atoms with Gasteiger partial charge in [0.15, 0.2) is 0 Å².